The minimum Gasteiger partial charge on any atom is -0.381 e. The van der Waals surface area contributed by atoms with Crippen molar-refractivity contribution in [2.45, 2.75) is 6.54 Å². The number of benzene rings is 1. The molecule has 3 aromatic heterocycles. The summed E-state index contributed by atoms with van der Waals surface area (Å²) in [6, 6.07) is 11.5. The maximum Gasteiger partial charge on any atom is 0.217 e. The van der Waals surface area contributed by atoms with Crippen LogP contribution in [-0.4, -0.2) is 33.1 Å². The molecule has 4 rings (SSSR count). The van der Waals surface area contributed by atoms with Crippen LogP contribution in [0.4, 0.5) is 16.0 Å². The van der Waals surface area contributed by atoms with E-state index in [4.69, 9.17) is 16.1 Å². The fraction of sp³-hybridized carbons (Fsp3) is 0.150. The number of imidazole rings is 1. The van der Waals surface area contributed by atoms with E-state index in [1.807, 2.05) is 37.0 Å². The van der Waals surface area contributed by atoms with Gasteiger partial charge in [0.25, 0.3) is 0 Å². The van der Waals surface area contributed by atoms with E-state index in [2.05, 4.69) is 15.0 Å². The molecule has 4 aromatic rings. The SMILES string of the molecule is COP(C)c1ccc(-c2cnc(N)c(N(N)Cc3ccc4ncc(F)n4c3)n2)cc1. The van der Waals surface area contributed by atoms with Crippen LogP contribution in [0.15, 0.2) is 55.0 Å². The fourth-order valence-corrected chi connectivity index (χ4v) is 3.83. The fourth-order valence-electron chi connectivity index (χ4n) is 3.05. The lowest BCUT2D eigenvalue weighted by atomic mass is 10.1. The van der Waals surface area contributed by atoms with Gasteiger partial charge in [-0.25, -0.2) is 20.8 Å². The van der Waals surface area contributed by atoms with Crippen molar-refractivity contribution < 1.29 is 8.91 Å². The van der Waals surface area contributed by atoms with Gasteiger partial charge >= 0.3 is 0 Å². The van der Waals surface area contributed by atoms with Gasteiger partial charge in [0.15, 0.2) is 11.6 Å². The summed E-state index contributed by atoms with van der Waals surface area (Å²) >= 11 is 0. The van der Waals surface area contributed by atoms with Gasteiger partial charge in [0.2, 0.25) is 5.95 Å². The van der Waals surface area contributed by atoms with E-state index in [0.29, 0.717) is 17.2 Å². The maximum absolute atomic E-state index is 13.8. The first-order valence-electron chi connectivity index (χ1n) is 9.11. The Hall–Kier alpha value is -3.13. The first-order chi connectivity index (χ1) is 14.5. The predicted octanol–water partition coefficient (Wildman–Crippen LogP) is 2.69. The Morgan fingerprint density at radius 2 is 1.90 bits per heavy atom. The molecule has 8 nitrogen and oxygen atoms in total. The van der Waals surface area contributed by atoms with Crippen LogP contribution in [0, 0.1) is 5.95 Å². The molecule has 0 bridgehead atoms. The number of rotatable bonds is 6. The summed E-state index contributed by atoms with van der Waals surface area (Å²) in [6.45, 7) is 2.31. The molecule has 154 valence electrons. The second-order valence-electron chi connectivity index (χ2n) is 6.67. The van der Waals surface area contributed by atoms with Gasteiger partial charge < -0.3 is 10.3 Å². The molecule has 10 heteroatoms. The Morgan fingerprint density at radius 3 is 2.63 bits per heavy atom. The Kier molecular flexibility index (Phi) is 5.59. The zero-order valence-electron chi connectivity index (χ0n) is 16.5. The van der Waals surface area contributed by atoms with Crippen LogP contribution in [0.1, 0.15) is 5.56 Å². The zero-order chi connectivity index (χ0) is 21.3. The summed E-state index contributed by atoms with van der Waals surface area (Å²) in [5.41, 5.74) is 8.85. The molecule has 0 radical (unpaired) electrons. The molecule has 0 saturated carbocycles. The molecule has 0 aliphatic carbocycles. The van der Waals surface area contributed by atoms with Crippen molar-refractivity contribution >= 4 is 30.7 Å². The molecule has 0 saturated heterocycles. The van der Waals surface area contributed by atoms with E-state index >= 15 is 0 Å². The smallest absolute Gasteiger partial charge is 0.217 e. The first-order valence-corrected chi connectivity index (χ1v) is 10.8. The van der Waals surface area contributed by atoms with Gasteiger partial charge in [-0.2, -0.15) is 4.39 Å². The molecule has 1 aromatic carbocycles. The van der Waals surface area contributed by atoms with Crippen molar-refractivity contribution in [3.63, 3.8) is 0 Å². The number of nitrogen functional groups attached to an aromatic ring is 1. The third-order valence-electron chi connectivity index (χ3n) is 4.73. The number of nitrogens with two attached hydrogens (primary N) is 2. The maximum atomic E-state index is 13.8. The molecule has 30 heavy (non-hydrogen) atoms. The molecule has 3 heterocycles. The first kappa shape index (κ1) is 20.2. The van der Waals surface area contributed by atoms with E-state index in [1.165, 1.54) is 15.6 Å². The lowest BCUT2D eigenvalue weighted by molar-refractivity contribution is 0.471. The highest BCUT2D eigenvalue weighted by Gasteiger charge is 2.14. The van der Waals surface area contributed by atoms with Crippen molar-refractivity contribution in [1.29, 1.82) is 0 Å². The number of halogens is 1. The summed E-state index contributed by atoms with van der Waals surface area (Å²) in [6.07, 6.45) is 4.42. The second-order valence-corrected chi connectivity index (χ2v) is 8.54. The number of nitrogens with zero attached hydrogens (tertiary/aromatic N) is 5. The topological polar surface area (TPSA) is 108 Å². The summed E-state index contributed by atoms with van der Waals surface area (Å²) in [5, 5.41) is 2.52. The van der Waals surface area contributed by atoms with E-state index in [1.54, 1.807) is 25.6 Å². The predicted molar refractivity (Wildman–Crippen MR) is 117 cm³/mol. The Bertz CT molecular complexity index is 1180. The standard InChI is InChI=1S/C20H21FN7OP/c1-29-30(2)15-6-4-14(5-7-15)16-9-25-19(22)20(26-16)28(23)12-13-3-8-18-24-10-17(21)27(18)11-13/h3-11H,12,23H2,1-2H3,(H2,22,25). The minimum absolute atomic E-state index is 0.212. The number of hydrogen-bond acceptors (Lipinski definition) is 7. The third kappa shape index (κ3) is 3.95. The van der Waals surface area contributed by atoms with Crippen molar-refractivity contribution in [2.24, 2.45) is 5.84 Å². The monoisotopic (exact) mass is 425 g/mol. The summed E-state index contributed by atoms with van der Waals surface area (Å²) in [7, 11) is 1.07. The van der Waals surface area contributed by atoms with Crippen LogP contribution in [0.25, 0.3) is 16.9 Å². The lowest BCUT2D eigenvalue weighted by Gasteiger charge is -2.19. The van der Waals surface area contributed by atoms with Crippen molar-refractivity contribution in [1.82, 2.24) is 19.4 Å². The quantitative estimate of drug-likeness (QED) is 0.278. The molecule has 1 atom stereocenters. The summed E-state index contributed by atoms with van der Waals surface area (Å²) < 4.78 is 20.6. The average molecular weight is 425 g/mol. The number of fused-ring (bicyclic) bond motifs is 1. The highest BCUT2D eigenvalue weighted by Crippen LogP contribution is 2.30. The highest BCUT2D eigenvalue weighted by atomic mass is 31.1. The van der Waals surface area contributed by atoms with Gasteiger partial charge in [-0.05, 0) is 18.3 Å². The number of pyridine rings is 1. The highest BCUT2D eigenvalue weighted by molar-refractivity contribution is 7.60. The second kappa shape index (κ2) is 8.31. The largest absolute Gasteiger partial charge is 0.381 e. The average Bonchev–Trinajstić information content (AvgIpc) is 3.14. The Balaban J connectivity index is 1.59. The van der Waals surface area contributed by atoms with Crippen LogP contribution < -0.4 is 21.9 Å². The van der Waals surface area contributed by atoms with Crippen LogP contribution in [0.3, 0.4) is 0 Å². The summed E-state index contributed by atoms with van der Waals surface area (Å²) in [5.74, 6) is 6.35. The zero-order valence-corrected chi connectivity index (χ0v) is 17.4. The van der Waals surface area contributed by atoms with Crippen LogP contribution >= 0.6 is 8.15 Å². The molecule has 0 spiro atoms. The van der Waals surface area contributed by atoms with Gasteiger partial charge in [0.1, 0.15) is 5.65 Å². The van der Waals surface area contributed by atoms with Crippen LogP contribution in [0.2, 0.25) is 0 Å². The molecule has 0 aliphatic heterocycles. The molecule has 0 amide bonds. The lowest BCUT2D eigenvalue weighted by Crippen LogP contribution is -2.32. The van der Waals surface area contributed by atoms with E-state index in [-0.39, 0.29) is 12.4 Å². The Morgan fingerprint density at radius 1 is 1.13 bits per heavy atom. The molecular formula is C20H21FN7OP. The number of hydrazine groups is 1. The van der Waals surface area contributed by atoms with Gasteiger partial charge in [-0.15, -0.1) is 0 Å². The van der Waals surface area contributed by atoms with E-state index < -0.39 is 14.1 Å². The van der Waals surface area contributed by atoms with Gasteiger partial charge in [0.05, 0.1) is 32.8 Å². The van der Waals surface area contributed by atoms with E-state index in [9.17, 15) is 4.39 Å². The Labute approximate surface area is 174 Å². The van der Waals surface area contributed by atoms with Crippen molar-refractivity contribution in [3.8, 4) is 11.3 Å². The van der Waals surface area contributed by atoms with Gasteiger partial charge in [-0.3, -0.25) is 9.41 Å². The van der Waals surface area contributed by atoms with Crippen molar-refractivity contribution in [2.75, 3.05) is 24.5 Å². The minimum atomic E-state index is -0.634. The third-order valence-corrected chi connectivity index (χ3v) is 6.30. The van der Waals surface area contributed by atoms with Crippen molar-refractivity contribution in [3.05, 3.63) is 66.5 Å². The number of hydrogen-bond donors (Lipinski definition) is 2. The van der Waals surface area contributed by atoms with Gasteiger partial charge in [0, 0.05) is 24.2 Å². The van der Waals surface area contributed by atoms with Crippen LogP contribution in [-0.2, 0) is 11.1 Å². The molecule has 0 fully saturated rings. The molecular weight excluding hydrogens is 404 g/mol. The number of anilines is 2. The van der Waals surface area contributed by atoms with Gasteiger partial charge in [-0.1, -0.05) is 30.3 Å². The van der Waals surface area contributed by atoms with Crippen LogP contribution in [0.5, 0.6) is 0 Å². The normalized spacial score (nSPS) is 12.3. The molecule has 1 unspecified atom stereocenters. The van der Waals surface area contributed by atoms with E-state index in [0.717, 1.165) is 16.4 Å². The number of aromatic nitrogens is 4. The summed E-state index contributed by atoms with van der Waals surface area (Å²) in [4.78, 5) is 12.8. The molecule has 4 N–H and O–H groups in total. The molecule has 0 aliphatic rings.